The molecule has 5 heterocycles. The Morgan fingerprint density at radius 2 is 1.92 bits per heavy atom. The first-order valence-electron chi connectivity index (χ1n) is 12.0. The van der Waals surface area contributed by atoms with Crippen molar-refractivity contribution in [3.05, 3.63) is 89.6 Å². The molecule has 0 saturated heterocycles. The normalized spacial score (nSPS) is 11.8. The molecule has 5 aromatic heterocycles. The van der Waals surface area contributed by atoms with E-state index >= 15 is 0 Å². The van der Waals surface area contributed by atoms with Crippen LogP contribution in [0, 0.1) is 19.8 Å². The molecule has 1 amide bonds. The van der Waals surface area contributed by atoms with Crippen molar-refractivity contribution in [1.29, 1.82) is 0 Å². The minimum Gasteiger partial charge on any atom is -0.344 e. The maximum atomic E-state index is 13.2. The summed E-state index contributed by atoms with van der Waals surface area (Å²) in [5.41, 5.74) is 3.46. The van der Waals surface area contributed by atoms with Crippen molar-refractivity contribution in [2.45, 2.75) is 33.2 Å². The number of carbonyl (C=O) groups is 1. The number of halogens is 1. The van der Waals surface area contributed by atoms with E-state index in [1.54, 1.807) is 30.6 Å². The third-order valence-corrected chi connectivity index (χ3v) is 5.75. The maximum absolute atomic E-state index is 13.2. The summed E-state index contributed by atoms with van der Waals surface area (Å²) in [6.45, 7) is 5.75. The van der Waals surface area contributed by atoms with E-state index < -0.39 is 5.95 Å². The number of pyridine rings is 2. The van der Waals surface area contributed by atoms with E-state index in [1.807, 2.05) is 39.0 Å². The number of aryl methyl sites for hydroxylation is 2. The first-order valence-corrected chi connectivity index (χ1v) is 12.0. The van der Waals surface area contributed by atoms with E-state index in [9.17, 15) is 9.18 Å². The smallest absolute Gasteiger partial charge is 0.270 e. The summed E-state index contributed by atoms with van der Waals surface area (Å²) in [4.78, 5) is 30.7. The Bertz CT molecular complexity index is 1560. The number of hydrogen-bond donors (Lipinski definition) is 3. The fourth-order valence-electron chi connectivity index (χ4n) is 3.86. The number of amides is 1. The van der Waals surface area contributed by atoms with Crippen molar-refractivity contribution in [3.8, 4) is 17.2 Å². The zero-order valence-electron chi connectivity index (χ0n) is 21.0. The number of aromatic nitrogens is 8. The van der Waals surface area contributed by atoms with Crippen LogP contribution in [0.3, 0.4) is 0 Å². The van der Waals surface area contributed by atoms with Crippen molar-refractivity contribution >= 4 is 17.5 Å². The fourth-order valence-corrected chi connectivity index (χ4v) is 3.86. The van der Waals surface area contributed by atoms with Crippen molar-refractivity contribution < 1.29 is 9.18 Å². The van der Waals surface area contributed by atoms with Gasteiger partial charge in [0, 0.05) is 53.7 Å². The van der Waals surface area contributed by atoms with Gasteiger partial charge >= 0.3 is 0 Å². The van der Waals surface area contributed by atoms with Gasteiger partial charge in [0.15, 0.2) is 17.5 Å². The lowest BCUT2D eigenvalue weighted by Crippen LogP contribution is -2.29. The third-order valence-electron chi connectivity index (χ3n) is 5.75. The zero-order valence-corrected chi connectivity index (χ0v) is 21.0. The topological polar surface area (TPSA) is 139 Å². The van der Waals surface area contributed by atoms with Crippen LogP contribution in [0.15, 0.2) is 61.1 Å². The molecule has 0 bridgehead atoms. The molecule has 0 aliphatic rings. The van der Waals surface area contributed by atoms with Crippen LogP contribution in [0.4, 0.5) is 16.0 Å². The minimum atomic E-state index is -0.580. The van der Waals surface area contributed by atoms with Gasteiger partial charge in [-0.1, -0.05) is 13.0 Å². The van der Waals surface area contributed by atoms with E-state index in [4.69, 9.17) is 0 Å². The lowest BCUT2D eigenvalue weighted by atomic mass is 10.1. The molecule has 11 nitrogen and oxygen atoms in total. The number of aromatic amines is 1. The number of H-pyrrole nitrogens is 1. The number of rotatable bonds is 8. The van der Waals surface area contributed by atoms with Crippen LogP contribution in [-0.2, 0) is 0 Å². The lowest BCUT2D eigenvalue weighted by molar-refractivity contribution is 0.0930. The predicted octanol–water partition coefficient (Wildman–Crippen LogP) is 4.22. The molecule has 0 spiro atoms. The molecule has 0 saturated carbocycles. The summed E-state index contributed by atoms with van der Waals surface area (Å²) >= 11 is 0. The van der Waals surface area contributed by atoms with E-state index in [0.29, 0.717) is 35.3 Å². The molecule has 0 aromatic carbocycles. The molecular formula is C26H25FN10O. The highest BCUT2D eigenvalue weighted by Gasteiger charge is 2.17. The minimum absolute atomic E-state index is 0.266. The Morgan fingerprint density at radius 3 is 2.55 bits per heavy atom. The molecule has 5 rings (SSSR count). The molecule has 0 aliphatic carbocycles. The Labute approximate surface area is 217 Å². The number of hydrogen-bond acceptors (Lipinski definition) is 8. The van der Waals surface area contributed by atoms with Gasteiger partial charge in [-0.3, -0.25) is 14.9 Å². The van der Waals surface area contributed by atoms with Gasteiger partial charge in [-0.25, -0.2) is 19.6 Å². The predicted molar refractivity (Wildman–Crippen MR) is 138 cm³/mol. The summed E-state index contributed by atoms with van der Waals surface area (Å²) < 4.78 is 14.5. The molecule has 0 fully saturated rings. The summed E-state index contributed by atoms with van der Waals surface area (Å²) in [5, 5.41) is 16.9. The molecule has 1 atom stereocenters. The maximum Gasteiger partial charge on any atom is 0.270 e. The summed E-state index contributed by atoms with van der Waals surface area (Å²) in [6, 6.07) is 11.6. The zero-order chi connectivity index (χ0) is 26.6. The van der Waals surface area contributed by atoms with Crippen LogP contribution in [0.5, 0.6) is 0 Å². The first-order chi connectivity index (χ1) is 18.4. The standard InChI is InChI=1S/C26H25FN10O/c1-4-19(17-6-8-24(29-13-17)37-10-9-21(27)36-37)31-26(38)20-7-5-18(14-28-20)25-30-15(2)11-22(33-25)32-23-12-16(3)34-35-23/h5-14,19H,4H2,1-3H3,(H,31,38)(H2,30,32,33,34,35)/t19-/m1/s1. The molecule has 5 aromatic rings. The van der Waals surface area contributed by atoms with Gasteiger partial charge in [0.05, 0.1) is 6.04 Å². The molecule has 38 heavy (non-hydrogen) atoms. The quantitative estimate of drug-likeness (QED) is 0.281. The number of nitrogens with zero attached hydrogens (tertiary/aromatic N) is 7. The Kier molecular flexibility index (Phi) is 6.85. The van der Waals surface area contributed by atoms with Gasteiger partial charge in [0.2, 0.25) is 5.95 Å². The van der Waals surface area contributed by atoms with E-state index in [1.165, 1.54) is 16.9 Å². The van der Waals surface area contributed by atoms with Crippen molar-refractivity contribution in [1.82, 2.24) is 45.2 Å². The van der Waals surface area contributed by atoms with Crippen molar-refractivity contribution in [3.63, 3.8) is 0 Å². The van der Waals surface area contributed by atoms with Crippen LogP contribution in [0.2, 0.25) is 0 Å². The monoisotopic (exact) mass is 512 g/mol. The second kappa shape index (κ2) is 10.5. The van der Waals surface area contributed by atoms with Crippen molar-refractivity contribution in [2.24, 2.45) is 0 Å². The number of nitrogens with one attached hydrogen (secondary N) is 3. The summed E-state index contributed by atoms with van der Waals surface area (Å²) in [5.74, 6) is 1.32. The number of carbonyl (C=O) groups excluding carboxylic acids is 1. The third kappa shape index (κ3) is 5.53. The molecule has 0 radical (unpaired) electrons. The molecule has 0 aliphatic heterocycles. The summed E-state index contributed by atoms with van der Waals surface area (Å²) in [7, 11) is 0. The molecule has 12 heteroatoms. The van der Waals surface area contributed by atoms with Gasteiger partial charge in [-0.15, -0.1) is 5.10 Å². The average molecular weight is 513 g/mol. The van der Waals surface area contributed by atoms with Crippen LogP contribution in [0.25, 0.3) is 17.2 Å². The van der Waals surface area contributed by atoms with E-state index in [0.717, 1.165) is 17.0 Å². The molecule has 192 valence electrons. The highest BCUT2D eigenvalue weighted by molar-refractivity contribution is 5.92. The molecular weight excluding hydrogens is 487 g/mol. The van der Waals surface area contributed by atoms with Gasteiger partial charge in [0.25, 0.3) is 5.91 Å². The highest BCUT2D eigenvalue weighted by atomic mass is 19.1. The molecule has 3 N–H and O–H groups in total. The second-order valence-electron chi connectivity index (χ2n) is 8.68. The fraction of sp³-hybridized carbons (Fsp3) is 0.192. The highest BCUT2D eigenvalue weighted by Crippen LogP contribution is 2.21. The summed E-state index contributed by atoms with van der Waals surface area (Å²) in [6.07, 6.45) is 5.35. The van der Waals surface area contributed by atoms with E-state index in [2.05, 4.69) is 45.9 Å². The van der Waals surface area contributed by atoms with Crippen LogP contribution in [0.1, 0.15) is 46.8 Å². The van der Waals surface area contributed by atoms with Gasteiger partial charge in [-0.05, 0) is 44.0 Å². The lowest BCUT2D eigenvalue weighted by Gasteiger charge is -2.17. The van der Waals surface area contributed by atoms with Gasteiger partial charge in [-0.2, -0.15) is 9.49 Å². The van der Waals surface area contributed by atoms with Gasteiger partial charge < -0.3 is 10.6 Å². The van der Waals surface area contributed by atoms with Crippen molar-refractivity contribution in [2.75, 3.05) is 5.32 Å². The first kappa shape index (κ1) is 24.7. The Morgan fingerprint density at radius 1 is 1.05 bits per heavy atom. The average Bonchev–Trinajstić information content (AvgIpc) is 3.54. The SMILES string of the molecule is CC[C@@H](NC(=O)c1ccc(-c2nc(C)cc(Nc3cc(C)[nH]n3)n2)cn1)c1ccc(-n2ccc(F)n2)nc1. The van der Waals surface area contributed by atoms with Gasteiger partial charge in [0.1, 0.15) is 11.5 Å². The Hall–Kier alpha value is -5.00. The van der Waals surface area contributed by atoms with E-state index in [-0.39, 0.29) is 17.6 Å². The largest absolute Gasteiger partial charge is 0.344 e. The van der Waals surface area contributed by atoms with Crippen LogP contribution >= 0.6 is 0 Å². The second-order valence-corrected chi connectivity index (χ2v) is 8.68. The molecule has 0 unspecified atom stereocenters. The van der Waals surface area contributed by atoms with Crippen LogP contribution < -0.4 is 10.6 Å². The van der Waals surface area contributed by atoms with Crippen LogP contribution in [-0.4, -0.2) is 45.8 Å². The Balaban J connectivity index is 1.28. The number of anilines is 2.